The van der Waals surface area contributed by atoms with Gasteiger partial charge in [-0.05, 0) is 36.4 Å². The minimum absolute atomic E-state index is 0.0600. The van der Waals surface area contributed by atoms with E-state index in [0.717, 1.165) is 37.6 Å². The van der Waals surface area contributed by atoms with Crippen LogP contribution in [-0.4, -0.2) is 62.6 Å². The molecule has 2 N–H and O–H groups in total. The Morgan fingerprint density at radius 3 is 2.70 bits per heavy atom. The molecule has 0 aliphatic carbocycles. The van der Waals surface area contributed by atoms with Gasteiger partial charge in [-0.15, -0.1) is 11.3 Å². The van der Waals surface area contributed by atoms with Crippen LogP contribution in [0.3, 0.4) is 0 Å². The average Bonchev–Trinajstić information content (AvgIpc) is 3.25. The number of carbonyl (C=O) groups is 2. The van der Waals surface area contributed by atoms with Crippen LogP contribution in [0, 0.1) is 0 Å². The number of nitrogens with one attached hydrogen (secondary N) is 2. The van der Waals surface area contributed by atoms with Gasteiger partial charge in [0, 0.05) is 60.3 Å². The minimum Gasteiger partial charge on any atom is -0.378 e. The number of aliphatic imine (C=N–C) groups is 1. The predicted molar refractivity (Wildman–Crippen MR) is 133 cm³/mol. The highest BCUT2D eigenvalue weighted by Crippen LogP contribution is 2.38. The molecule has 8 nitrogen and oxygen atoms in total. The van der Waals surface area contributed by atoms with E-state index in [1.807, 2.05) is 54.6 Å². The summed E-state index contributed by atoms with van der Waals surface area (Å²) in [6.45, 7) is 3.91. The zero-order valence-corrected chi connectivity index (χ0v) is 19.3. The molecule has 1 saturated heterocycles. The van der Waals surface area contributed by atoms with Crippen LogP contribution in [0.15, 0.2) is 47.5 Å². The number of carbonyl (C=O) groups excluding carboxylic acids is 2. The number of ether oxygens (including phenoxy) is 1. The number of morpholine rings is 1. The van der Waals surface area contributed by atoms with Crippen molar-refractivity contribution < 1.29 is 14.3 Å². The molecule has 1 fully saturated rings. The number of nitrogens with zero attached hydrogens (tertiary/aromatic N) is 3. The van der Waals surface area contributed by atoms with Crippen molar-refractivity contribution in [1.29, 1.82) is 0 Å². The molecule has 33 heavy (non-hydrogen) atoms. The number of rotatable bonds is 4. The van der Waals surface area contributed by atoms with Gasteiger partial charge < -0.3 is 25.2 Å². The fourth-order valence-corrected chi connectivity index (χ4v) is 5.22. The van der Waals surface area contributed by atoms with E-state index in [9.17, 15) is 9.59 Å². The predicted octanol–water partition coefficient (Wildman–Crippen LogP) is 3.60. The second-order valence-electron chi connectivity index (χ2n) is 8.10. The molecule has 3 heterocycles. The number of anilines is 3. The average molecular weight is 464 g/mol. The van der Waals surface area contributed by atoms with E-state index >= 15 is 0 Å². The van der Waals surface area contributed by atoms with Crippen molar-refractivity contribution in [1.82, 2.24) is 4.90 Å². The summed E-state index contributed by atoms with van der Waals surface area (Å²) < 4.78 is 6.45. The van der Waals surface area contributed by atoms with E-state index in [0.29, 0.717) is 26.3 Å². The molecular formula is C24H25N5O3S. The van der Waals surface area contributed by atoms with Crippen molar-refractivity contribution in [3.05, 3.63) is 52.9 Å². The molecule has 1 unspecified atom stereocenters. The highest BCUT2D eigenvalue weighted by Gasteiger charge is 2.26. The smallest absolute Gasteiger partial charge is 0.264 e. The molecule has 0 saturated carbocycles. The SMILES string of the molecule is CC(=O)Nc1cccc(NC2N=Cc3ccc4sc(C(=O)N5CCOCC5)cc4c3N2C)c1. The second-order valence-corrected chi connectivity index (χ2v) is 9.18. The van der Waals surface area contributed by atoms with Crippen molar-refractivity contribution in [3.8, 4) is 0 Å². The van der Waals surface area contributed by atoms with Crippen molar-refractivity contribution >= 4 is 56.5 Å². The topological polar surface area (TPSA) is 86.3 Å². The van der Waals surface area contributed by atoms with Gasteiger partial charge in [0.2, 0.25) is 5.91 Å². The molecule has 0 radical (unpaired) electrons. The lowest BCUT2D eigenvalue weighted by molar-refractivity contribution is -0.114. The summed E-state index contributed by atoms with van der Waals surface area (Å²) in [6.07, 6.45) is 1.54. The Hall–Kier alpha value is -3.43. The Kier molecular flexibility index (Phi) is 5.74. The zero-order valence-electron chi connectivity index (χ0n) is 18.5. The van der Waals surface area contributed by atoms with Crippen LogP contribution in [-0.2, 0) is 9.53 Å². The Morgan fingerprint density at radius 2 is 1.91 bits per heavy atom. The maximum Gasteiger partial charge on any atom is 0.264 e. The van der Waals surface area contributed by atoms with E-state index < -0.39 is 0 Å². The highest BCUT2D eigenvalue weighted by atomic mass is 32.1. The van der Waals surface area contributed by atoms with E-state index in [1.165, 1.54) is 18.3 Å². The van der Waals surface area contributed by atoms with Gasteiger partial charge in [-0.3, -0.25) is 9.59 Å². The van der Waals surface area contributed by atoms with Gasteiger partial charge in [-0.2, -0.15) is 0 Å². The summed E-state index contributed by atoms with van der Waals surface area (Å²) in [4.78, 5) is 33.8. The summed E-state index contributed by atoms with van der Waals surface area (Å²) in [5.74, 6) is -0.0546. The molecule has 2 aliphatic heterocycles. The fourth-order valence-electron chi connectivity index (χ4n) is 4.19. The first-order chi connectivity index (χ1) is 16.0. The molecule has 170 valence electrons. The van der Waals surface area contributed by atoms with Crippen LogP contribution in [0.2, 0.25) is 0 Å². The monoisotopic (exact) mass is 463 g/mol. The molecule has 2 aromatic carbocycles. The lowest BCUT2D eigenvalue weighted by Crippen LogP contribution is -2.40. The van der Waals surface area contributed by atoms with E-state index in [2.05, 4.69) is 26.6 Å². The zero-order chi connectivity index (χ0) is 22.9. The van der Waals surface area contributed by atoms with Gasteiger partial charge in [0.1, 0.15) is 0 Å². The lowest BCUT2D eigenvalue weighted by atomic mass is 10.1. The van der Waals surface area contributed by atoms with Gasteiger partial charge in [0.15, 0.2) is 6.29 Å². The van der Waals surface area contributed by atoms with Gasteiger partial charge in [-0.25, -0.2) is 4.99 Å². The first-order valence-corrected chi connectivity index (χ1v) is 11.6. The van der Waals surface area contributed by atoms with Crippen LogP contribution in [0.4, 0.5) is 17.1 Å². The largest absolute Gasteiger partial charge is 0.378 e. The summed E-state index contributed by atoms with van der Waals surface area (Å²) in [7, 11) is 1.99. The quantitative estimate of drug-likeness (QED) is 0.618. The number of amides is 2. The maximum absolute atomic E-state index is 13.0. The van der Waals surface area contributed by atoms with Gasteiger partial charge in [0.05, 0.1) is 23.8 Å². The number of hydrogen-bond acceptors (Lipinski definition) is 7. The first kappa shape index (κ1) is 21.4. The van der Waals surface area contributed by atoms with Crippen molar-refractivity contribution in [2.45, 2.75) is 13.2 Å². The molecule has 2 amide bonds. The van der Waals surface area contributed by atoms with Crippen molar-refractivity contribution in [2.24, 2.45) is 4.99 Å². The Morgan fingerprint density at radius 1 is 1.12 bits per heavy atom. The molecule has 0 spiro atoms. The minimum atomic E-state index is -0.325. The molecule has 1 atom stereocenters. The summed E-state index contributed by atoms with van der Waals surface area (Å²) in [5, 5.41) is 7.27. The highest BCUT2D eigenvalue weighted by molar-refractivity contribution is 7.20. The standard InChI is InChI=1S/C24H25N5O3S/c1-15(30)26-17-4-3-5-18(12-17)27-24-25-14-16-6-7-20-19(22(16)28(24)2)13-21(33-20)23(31)29-8-10-32-11-9-29/h3-7,12-14,24,27H,8-11H2,1-2H3,(H,26,30). The van der Waals surface area contributed by atoms with Crippen molar-refractivity contribution in [2.75, 3.05) is 48.9 Å². The third-order valence-corrected chi connectivity index (χ3v) is 6.85. The third kappa shape index (κ3) is 4.29. The fraction of sp³-hybridized carbons (Fsp3) is 0.292. The van der Waals surface area contributed by atoms with Crippen LogP contribution >= 0.6 is 11.3 Å². The Bertz CT molecular complexity index is 1250. The van der Waals surface area contributed by atoms with Crippen LogP contribution in [0.1, 0.15) is 22.2 Å². The van der Waals surface area contributed by atoms with Crippen LogP contribution < -0.4 is 15.5 Å². The molecule has 2 aliphatic rings. The van der Waals surface area contributed by atoms with Gasteiger partial charge in [0.25, 0.3) is 5.91 Å². The molecule has 3 aromatic rings. The van der Waals surface area contributed by atoms with E-state index in [1.54, 1.807) is 0 Å². The van der Waals surface area contributed by atoms with Crippen molar-refractivity contribution in [3.63, 3.8) is 0 Å². The second kappa shape index (κ2) is 8.84. The third-order valence-electron chi connectivity index (χ3n) is 5.77. The summed E-state index contributed by atoms with van der Waals surface area (Å²) in [6, 6.07) is 13.6. The number of benzene rings is 2. The maximum atomic E-state index is 13.0. The first-order valence-electron chi connectivity index (χ1n) is 10.8. The normalized spacial score (nSPS) is 17.7. The Balaban J connectivity index is 1.42. The number of hydrogen-bond donors (Lipinski definition) is 2. The number of fused-ring (bicyclic) bond motifs is 3. The molecule has 1 aromatic heterocycles. The lowest BCUT2D eigenvalue weighted by Gasteiger charge is -2.33. The van der Waals surface area contributed by atoms with Gasteiger partial charge >= 0.3 is 0 Å². The molecule has 5 rings (SSSR count). The molecule has 0 bridgehead atoms. The summed E-state index contributed by atoms with van der Waals surface area (Å²) in [5.41, 5.74) is 3.62. The van der Waals surface area contributed by atoms with Gasteiger partial charge in [-0.1, -0.05) is 6.07 Å². The molecule has 9 heteroatoms. The van der Waals surface area contributed by atoms with E-state index in [-0.39, 0.29) is 18.1 Å². The number of thiophene rings is 1. The Labute approximate surface area is 195 Å². The van der Waals surface area contributed by atoms with E-state index in [4.69, 9.17) is 4.74 Å². The summed E-state index contributed by atoms with van der Waals surface area (Å²) >= 11 is 1.52. The molecular weight excluding hydrogens is 438 g/mol. The van der Waals surface area contributed by atoms with Crippen LogP contribution in [0.5, 0.6) is 0 Å². The van der Waals surface area contributed by atoms with Crippen LogP contribution in [0.25, 0.3) is 10.1 Å².